The number of hydrogen-bond acceptors (Lipinski definition) is 10. The molecule has 2 aromatic rings. The van der Waals surface area contributed by atoms with E-state index in [0.29, 0.717) is 32.7 Å². The number of amides is 2. The topological polar surface area (TPSA) is 153 Å². The highest BCUT2D eigenvalue weighted by Gasteiger charge is 2.30. The minimum atomic E-state index is -0.675. The predicted octanol–water partition coefficient (Wildman–Crippen LogP) is 1.18. The van der Waals surface area contributed by atoms with Crippen molar-refractivity contribution in [1.29, 1.82) is 0 Å². The number of morpholine rings is 1. The van der Waals surface area contributed by atoms with Gasteiger partial charge in [-0.25, -0.2) is 24.7 Å². The van der Waals surface area contributed by atoms with Crippen molar-refractivity contribution in [1.82, 2.24) is 34.6 Å². The normalized spacial score (nSPS) is 19.0. The maximum absolute atomic E-state index is 13.2. The van der Waals surface area contributed by atoms with Crippen LogP contribution in [-0.4, -0.2) is 98.2 Å². The molecule has 13 heteroatoms. The number of nitrogens with one attached hydrogen (secondary N) is 1. The lowest BCUT2D eigenvalue weighted by Crippen LogP contribution is -2.50. The maximum atomic E-state index is 13.2. The molecule has 1 atom stereocenters. The number of aromatic nitrogens is 4. The fourth-order valence-corrected chi connectivity index (χ4v) is 5.80. The second-order valence-electron chi connectivity index (χ2n) is 12.2. The lowest BCUT2D eigenvalue weighted by molar-refractivity contribution is -0.134. The SMILES string of the molecule is CCC1=c2c(ncn2C2CCN(C(=O)C(C)NC(=O)OC(C)(C)C)CC2)=C(c2cnc(N)nc2)N=C(N2CCOCC2)C1. The number of amidine groups is 1. The molecule has 0 spiro atoms. The van der Waals surface area contributed by atoms with Crippen LogP contribution >= 0.6 is 0 Å². The average Bonchev–Trinajstić information content (AvgIpc) is 3.34. The third kappa shape index (κ3) is 6.98. The quantitative estimate of drug-likeness (QED) is 0.520. The smallest absolute Gasteiger partial charge is 0.408 e. The first kappa shape index (κ1) is 30.5. The molecule has 3 aliphatic heterocycles. The number of nitrogens with zero attached hydrogens (tertiary/aromatic N) is 7. The molecule has 2 saturated heterocycles. The summed E-state index contributed by atoms with van der Waals surface area (Å²) in [6, 6.07) is -0.518. The molecule has 232 valence electrons. The molecule has 5 heterocycles. The highest BCUT2D eigenvalue weighted by atomic mass is 16.6. The van der Waals surface area contributed by atoms with Crippen LogP contribution in [-0.2, 0) is 14.3 Å². The molecule has 5 rings (SSSR count). The Kier molecular flexibility index (Phi) is 9.00. The van der Waals surface area contributed by atoms with E-state index in [1.807, 2.05) is 11.2 Å². The van der Waals surface area contributed by atoms with Crippen LogP contribution in [0, 0.1) is 0 Å². The predicted molar refractivity (Wildman–Crippen MR) is 162 cm³/mol. The van der Waals surface area contributed by atoms with E-state index in [1.54, 1.807) is 40.1 Å². The van der Waals surface area contributed by atoms with Crippen molar-refractivity contribution in [3.05, 3.63) is 35.0 Å². The number of nitrogen functional groups attached to an aromatic ring is 1. The summed E-state index contributed by atoms with van der Waals surface area (Å²) in [6.45, 7) is 13.3. The molecule has 0 radical (unpaired) electrons. The van der Waals surface area contributed by atoms with Crippen LogP contribution in [0.5, 0.6) is 0 Å². The number of fused-ring (bicyclic) bond motifs is 1. The lowest BCUT2D eigenvalue weighted by Gasteiger charge is -2.34. The van der Waals surface area contributed by atoms with E-state index in [4.69, 9.17) is 25.2 Å². The first-order chi connectivity index (χ1) is 20.5. The molecule has 2 aromatic heterocycles. The van der Waals surface area contributed by atoms with Crippen LogP contribution in [0.1, 0.15) is 71.9 Å². The van der Waals surface area contributed by atoms with Crippen molar-refractivity contribution in [3.63, 3.8) is 0 Å². The summed E-state index contributed by atoms with van der Waals surface area (Å²) in [4.78, 5) is 48.1. The van der Waals surface area contributed by atoms with Crippen molar-refractivity contribution < 1.29 is 19.1 Å². The molecule has 43 heavy (non-hydrogen) atoms. The van der Waals surface area contributed by atoms with Crippen LogP contribution in [0.2, 0.25) is 0 Å². The van der Waals surface area contributed by atoms with Crippen molar-refractivity contribution in [2.24, 2.45) is 4.99 Å². The molecular weight excluding hydrogens is 550 g/mol. The highest BCUT2D eigenvalue weighted by Crippen LogP contribution is 2.24. The van der Waals surface area contributed by atoms with Gasteiger partial charge in [-0.3, -0.25) is 4.79 Å². The van der Waals surface area contributed by atoms with Gasteiger partial charge in [-0.05, 0) is 52.5 Å². The monoisotopic (exact) mass is 593 g/mol. The number of alkyl carbamates (subject to hydrolysis) is 1. The van der Waals surface area contributed by atoms with E-state index in [0.717, 1.165) is 60.1 Å². The zero-order chi connectivity index (χ0) is 30.7. The number of anilines is 1. The summed E-state index contributed by atoms with van der Waals surface area (Å²) in [5.41, 5.74) is 7.92. The first-order valence-corrected chi connectivity index (χ1v) is 15.1. The molecule has 13 nitrogen and oxygen atoms in total. The van der Waals surface area contributed by atoms with Gasteiger partial charge >= 0.3 is 6.09 Å². The number of rotatable bonds is 5. The molecule has 1 unspecified atom stereocenters. The second kappa shape index (κ2) is 12.7. The summed E-state index contributed by atoms with van der Waals surface area (Å²) in [5, 5.41) is 4.55. The summed E-state index contributed by atoms with van der Waals surface area (Å²) < 4.78 is 13.2. The third-order valence-corrected chi connectivity index (χ3v) is 7.99. The lowest BCUT2D eigenvalue weighted by atomic mass is 10.0. The molecule has 0 aliphatic carbocycles. The van der Waals surface area contributed by atoms with Gasteiger partial charge in [-0.15, -0.1) is 0 Å². The van der Waals surface area contributed by atoms with E-state index in [-0.39, 0.29) is 17.9 Å². The van der Waals surface area contributed by atoms with Crippen LogP contribution in [0.3, 0.4) is 0 Å². The molecule has 0 bridgehead atoms. The Morgan fingerprint density at radius 2 is 1.79 bits per heavy atom. The van der Waals surface area contributed by atoms with Crippen molar-refractivity contribution in [2.75, 3.05) is 45.1 Å². The second-order valence-corrected chi connectivity index (χ2v) is 12.2. The standard InChI is InChI=1S/C30H43N9O4/c1-6-20-15-23(37-11-13-42-14-12-37)36-24(21-16-32-28(31)33-17-21)25-26(20)39(18-34-25)22-7-9-38(10-8-22)27(40)19(2)35-29(41)43-30(3,4)5/h16-19,22H,6-15H2,1-5H3,(H,35,41)(H2,31,32,33). The van der Waals surface area contributed by atoms with Gasteiger partial charge in [0.05, 0.1) is 24.9 Å². The van der Waals surface area contributed by atoms with Gasteiger partial charge in [0.2, 0.25) is 11.9 Å². The zero-order valence-corrected chi connectivity index (χ0v) is 25.8. The van der Waals surface area contributed by atoms with Gasteiger partial charge in [0.1, 0.15) is 28.5 Å². The summed E-state index contributed by atoms with van der Waals surface area (Å²) >= 11 is 0. The Bertz CT molecular complexity index is 1480. The summed E-state index contributed by atoms with van der Waals surface area (Å²) in [7, 11) is 0. The molecule has 2 fully saturated rings. The highest BCUT2D eigenvalue weighted by molar-refractivity contribution is 5.94. The Labute approximate surface area is 251 Å². The number of imidazole rings is 1. The van der Waals surface area contributed by atoms with Gasteiger partial charge in [-0.2, -0.15) is 0 Å². The number of likely N-dealkylation sites (tertiary alicyclic amines) is 1. The average molecular weight is 594 g/mol. The fraction of sp³-hybridized carbons (Fsp3) is 0.600. The largest absolute Gasteiger partial charge is 0.444 e. The van der Waals surface area contributed by atoms with E-state index in [2.05, 4.69) is 31.7 Å². The van der Waals surface area contributed by atoms with Crippen molar-refractivity contribution in [3.8, 4) is 0 Å². The third-order valence-electron chi connectivity index (χ3n) is 7.99. The maximum Gasteiger partial charge on any atom is 0.408 e. The van der Waals surface area contributed by atoms with E-state index >= 15 is 0 Å². The van der Waals surface area contributed by atoms with E-state index < -0.39 is 17.7 Å². The van der Waals surface area contributed by atoms with Crippen LogP contribution in [0.15, 0.2) is 23.7 Å². The van der Waals surface area contributed by atoms with Gasteiger partial charge in [0.25, 0.3) is 0 Å². The minimum absolute atomic E-state index is 0.114. The fourth-order valence-electron chi connectivity index (χ4n) is 5.80. The minimum Gasteiger partial charge on any atom is -0.444 e. The Balaban J connectivity index is 1.42. The Morgan fingerprint density at radius 3 is 2.42 bits per heavy atom. The van der Waals surface area contributed by atoms with Crippen LogP contribution in [0.25, 0.3) is 11.3 Å². The zero-order valence-electron chi connectivity index (χ0n) is 25.8. The number of carbonyl (C=O) groups is 2. The van der Waals surface area contributed by atoms with Crippen LogP contribution < -0.4 is 21.7 Å². The van der Waals surface area contributed by atoms with E-state index in [9.17, 15) is 9.59 Å². The van der Waals surface area contributed by atoms with E-state index in [1.165, 1.54) is 5.57 Å². The molecule has 0 saturated carbocycles. The van der Waals surface area contributed by atoms with Gasteiger partial charge < -0.3 is 34.9 Å². The number of nitrogens with two attached hydrogens (primary N) is 1. The number of hydrogen-bond donors (Lipinski definition) is 2. The van der Waals surface area contributed by atoms with Crippen LogP contribution in [0.4, 0.5) is 10.7 Å². The van der Waals surface area contributed by atoms with Crippen molar-refractivity contribution >= 4 is 35.1 Å². The number of ether oxygens (including phenoxy) is 2. The number of piperidine rings is 1. The first-order valence-electron chi connectivity index (χ1n) is 15.1. The van der Waals surface area contributed by atoms with Gasteiger partial charge in [-0.1, -0.05) is 6.92 Å². The van der Waals surface area contributed by atoms with Gasteiger partial charge in [0.15, 0.2) is 0 Å². The Hall–Kier alpha value is -4.00. The van der Waals surface area contributed by atoms with Gasteiger partial charge in [0, 0.05) is 56.6 Å². The summed E-state index contributed by atoms with van der Waals surface area (Å²) in [5.74, 6) is 1.08. The van der Waals surface area contributed by atoms with Crippen molar-refractivity contribution in [2.45, 2.75) is 78.0 Å². The number of carbonyl (C=O) groups excluding carboxylic acids is 2. The Morgan fingerprint density at radius 1 is 1.12 bits per heavy atom. The molecule has 0 aromatic carbocycles. The molecular formula is C30H43N9O4. The summed E-state index contributed by atoms with van der Waals surface area (Å²) in [6.07, 6.45) is 7.80. The number of aliphatic imine (C=N–C) groups is 1. The molecule has 2 amide bonds. The molecule has 3 aliphatic rings. The molecule has 3 N–H and O–H groups in total.